The highest BCUT2D eigenvalue weighted by molar-refractivity contribution is 8.02. The fourth-order valence-corrected chi connectivity index (χ4v) is 1.32. The van der Waals surface area contributed by atoms with Gasteiger partial charge in [0.15, 0.2) is 0 Å². The maximum Gasteiger partial charge on any atom is -0.00544 e. The number of hydrogen-bond donors (Lipinski definition) is 0. The Hall–Kier alpha value is -0.950. The molecule has 0 amide bonds. The molecule has 1 aromatic rings. The average Bonchev–Trinajstić information content (AvgIpc) is 2.19. The van der Waals surface area contributed by atoms with Crippen molar-refractivity contribution in [2.75, 3.05) is 5.75 Å². The average molecular weight is 190 g/mol. The predicted octanol–water partition coefficient (Wildman–Crippen LogP) is 3.97. The highest BCUT2D eigenvalue weighted by Gasteiger charge is 1.79. The molecular formula is C12H14S. The maximum absolute atomic E-state index is 2.15. The van der Waals surface area contributed by atoms with E-state index in [1.54, 1.807) is 0 Å². The summed E-state index contributed by atoms with van der Waals surface area (Å²) < 4.78 is 0. The van der Waals surface area contributed by atoms with E-state index in [1.807, 2.05) is 30.0 Å². The molecule has 0 fully saturated rings. The topological polar surface area (TPSA) is 0 Å². The molecule has 0 N–H and O–H groups in total. The molecule has 0 nitrogen and oxygen atoms in total. The minimum Gasteiger partial charge on any atom is -0.134 e. The monoisotopic (exact) mass is 190 g/mol. The molecule has 68 valence electrons. The van der Waals surface area contributed by atoms with Gasteiger partial charge < -0.3 is 0 Å². The molecule has 0 bridgehead atoms. The Morgan fingerprint density at radius 3 is 2.62 bits per heavy atom. The number of thioether (sulfide) groups is 1. The largest absolute Gasteiger partial charge is 0.134 e. The third kappa shape index (κ3) is 4.58. The molecule has 1 aromatic carbocycles. The Labute approximate surface area is 84.4 Å². The van der Waals surface area contributed by atoms with Crippen LogP contribution in [0, 0.1) is 0 Å². The van der Waals surface area contributed by atoms with Crippen LogP contribution >= 0.6 is 11.8 Å². The van der Waals surface area contributed by atoms with Gasteiger partial charge in [-0.15, -0.1) is 11.8 Å². The summed E-state index contributed by atoms with van der Waals surface area (Å²) in [7, 11) is 0. The molecule has 0 atom stereocenters. The third-order valence-electron chi connectivity index (χ3n) is 1.54. The molecule has 1 heteroatoms. The lowest BCUT2D eigenvalue weighted by atomic mass is 10.2. The van der Waals surface area contributed by atoms with E-state index >= 15 is 0 Å². The van der Waals surface area contributed by atoms with Crippen LogP contribution in [-0.2, 0) is 0 Å². The SMILES string of the molecule is CCS/C=C/C=C/c1ccccc1. The van der Waals surface area contributed by atoms with Crippen LogP contribution in [0.3, 0.4) is 0 Å². The summed E-state index contributed by atoms with van der Waals surface area (Å²) in [6.45, 7) is 2.15. The quantitative estimate of drug-likeness (QED) is 0.647. The summed E-state index contributed by atoms with van der Waals surface area (Å²) >= 11 is 1.81. The van der Waals surface area contributed by atoms with Gasteiger partial charge in [-0.1, -0.05) is 55.5 Å². The van der Waals surface area contributed by atoms with Gasteiger partial charge >= 0.3 is 0 Å². The standard InChI is InChI=1S/C12H14S/c1-2-13-11-7-6-10-12-8-4-3-5-9-12/h3-11H,2H2,1H3/b10-6+,11-7+. The minimum atomic E-state index is 1.13. The van der Waals surface area contributed by atoms with Crippen LogP contribution in [-0.4, -0.2) is 5.75 Å². The molecule has 0 aliphatic carbocycles. The molecule has 0 radical (unpaired) electrons. The first-order valence-corrected chi connectivity index (χ1v) is 5.48. The van der Waals surface area contributed by atoms with Gasteiger partial charge in [0, 0.05) is 0 Å². The van der Waals surface area contributed by atoms with Crippen molar-refractivity contribution in [3.05, 3.63) is 53.5 Å². The molecule has 13 heavy (non-hydrogen) atoms. The molecule has 0 aromatic heterocycles. The Bertz CT molecular complexity index is 272. The van der Waals surface area contributed by atoms with Crippen molar-refractivity contribution in [3.8, 4) is 0 Å². The van der Waals surface area contributed by atoms with Gasteiger partial charge in [-0.3, -0.25) is 0 Å². The van der Waals surface area contributed by atoms with Crippen molar-refractivity contribution < 1.29 is 0 Å². The summed E-state index contributed by atoms with van der Waals surface area (Å²) in [4.78, 5) is 0. The van der Waals surface area contributed by atoms with E-state index in [4.69, 9.17) is 0 Å². The maximum atomic E-state index is 2.15. The summed E-state index contributed by atoms with van der Waals surface area (Å²) in [6, 6.07) is 10.3. The Kier molecular flexibility index (Phi) is 5.11. The smallest absolute Gasteiger partial charge is 0.00544 e. The number of benzene rings is 1. The Balaban J connectivity index is 2.41. The summed E-state index contributed by atoms with van der Waals surface area (Å²) in [5.74, 6) is 1.13. The highest BCUT2D eigenvalue weighted by atomic mass is 32.2. The number of allylic oxidation sites excluding steroid dienone is 2. The van der Waals surface area contributed by atoms with Crippen molar-refractivity contribution in [2.24, 2.45) is 0 Å². The molecule has 0 unspecified atom stereocenters. The highest BCUT2D eigenvalue weighted by Crippen LogP contribution is 2.03. The second kappa shape index (κ2) is 6.55. The lowest BCUT2D eigenvalue weighted by Crippen LogP contribution is -1.66. The first-order chi connectivity index (χ1) is 6.43. The second-order valence-electron chi connectivity index (χ2n) is 2.55. The van der Waals surface area contributed by atoms with Crippen molar-refractivity contribution in [1.82, 2.24) is 0 Å². The number of rotatable bonds is 4. The number of hydrogen-bond acceptors (Lipinski definition) is 1. The van der Waals surface area contributed by atoms with E-state index in [9.17, 15) is 0 Å². The van der Waals surface area contributed by atoms with Crippen molar-refractivity contribution in [3.63, 3.8) is 0 Å². The third-order valence-corrected chi connectivity index (χ3v) is 2.22. The first-order valence-electron chi connectivity index (χ1n) is 4.43. The van der Waals surface area contributed by atoms with Gasteiger partial charge in [-0.05, 0) is 16.7 Å². The minimum absolute atomic E-state index is 1.13. The van der Waals surface area contributed by atoms with Crippen molar-refractivity contribution in [2.45, 2.75) is 6.92 Å². The molecule has 0 spiro atoms. The molecule has 0 saturated heterocycles. The van der Waals surface area contributed by atoms with Gasteiger partial charge in [0.05, 0.1) is 0 Å². The second-order valence-corrected chi connectivity index (χ2v) is 3.74. The van der Waals surface area contributed by atoms with E-state index in [0.717, 1.165) is 5.75 Å². The van der Waals surface area contributed by atoms with Crippen LogP contribution in [0.15, 0.2) is 47.9 Å². The van der Waals surface area contributed by atoms with E-state index in [0.29, 0.717) is 0 Å². The Morgan fingerprint density at radius 2 is 1.92 bits per heavy atom. The van der Waals surface area contributed by atoms with Crippen molar-refractivity contribution in [1.29, 1.82) is 0 Å². The van der Waals surface area contributed by atoms with E-state index in [2.05, 4.69) is 42.7 Å². The van der Waals surface area contributed by atoms with Gasteiger partial charge in [-0.25, -0.2) is 0 Å². The van der Waals surface area contributed by atoms with Crippen molar-refractivity contribution >= 4 is 17.8 Å². The molecule has 0 aliphatic rings. The van der Waals surface area contributed by atoms with Crippen LogP contribution in [0.5, 0.6) is 0 Å². The lowest BCUT2D eigenvalue weighted by molar-refractivity contribution is 1.54. The fourth-order valence-electron chi connectivity index (χ4n) is 0.928. The zero-order valence-electron chi connectivity index (χ0n) is 7.81. The van der Waals surface area contributed by atoms with Crippen LogP contribution in [0.25, 0.3) is 6.08 Å². The lowest BCUT2D eigenvalue weighted by Gasteiger charge is -1.88. The van der Waals surface area contributed by atoms with Gasteiger partial charge in [0.1, 0.15) is 0 Å². The van der Waals surface area contributed by atoms with Crippen LogP contribution < -0.4 is 0 Å². The van der Waals surface area contributed by atoms with Gasteiger partial charge in [0.25, 0.3) is 0 Å². The zero-order chi connectivity index (χ0) is 9.36. The van der Waals surface area contributed by atoms with E-state index < -0.39 is 0 Å². The summed E-state index contributed by atoms with van der Waals surface area (Å²) in [5.41, 5.74) is 1.24. The van der Waals surface area contributed by atoms with Crippen LogP contribution in [0.2, 0.25) is 0 Å². The molecule has 0 heterocycles. The van der Waals surface area contributed by atoms with E-state index in [1.165, 1.54) is 5.56 Å². The normalized spacial score (nSPS) is 11.5. The van der Waals surface area contributed by atoms with Gasteiger partial charge in [0.2, 0.25) is 0 Å². The van der Waals surface area contributed by atoms with Crippen LogP contribution in [0.4, 0.5) is 0 Å². The zero-order valence-corrected chi connectivity index (χ0v) is 8.63. The Morgan fingerprint density at radius 1 is 1.15 bits per heavy atom. The van der Waals surface area contributed by atoms with E-state index in [-0.39, 0.29) is 0 Å². The summed E-state index contributed by atoms with van der Waals surface area (Å²) in [5, 5.41) is 2.11. The van der Waals surface area contributed by atoms with Crippen LogP contribution in [0.1, 0.15) is 12.5 Å². The molecular weight excluding hydrogens is 176 g/mol. The summed E-state index contributed by atoms with van der Waals surface area (Å²) in [6.07, 6.45) is 6.24. The fraction of sp³-hybridized carbons (Fsp3) is 0.167. The first kappa shape index (κ1) is 10.1. The van der Waals surface area contributed by atoms with Gasteiger partial charge in [-0.2, -0.15) is 0 Å². The molecule has 0 aliphatic heterocycles. The predicted molar refractivity (Wildman–Crippen MR) is 62.7 cm³/mol. The molecule has 0 saturated carbocycles. The molecule has 1 rings (SSSR count).